The molecule has 1 atom stereocenters. The van der Waals surface area contributed by atoms with Gasteiger partial charge in [-0.05, 0) is 31.4 Å². The average molecular weight is 255 g/mol. The third-order valence-corrected chi connectivity index (χ3v) is 3.10. The highest BCUT2D eigenvalue weighted by molar-refractivity contribution is 7.98. The van der Waals surface area contributed by atoms with Crippen LogP contribution in [0.4, 0.5) is 0 Å². The Morgan fingerprint density at radius 2 is 2.24 bits per heavy atom. The molecule has 1 aromatic rings. The number of hydrogen-bond donors (Lipinski definition) is 3. The number of hydrogen-bond acceptors (Lipinski definition) is 4. The van der Waals surface area contributed by atoms with Crippen molar-refractivity contribution in [1.82, 2.24) is 5.32 Å². The van der Waals surface area contributed by atoms with Crippen LogP contribution < -0.4 is 5.32 Å². The molecule has 0 fully saturated rings. The van der Waals surface area contributed by atoms with Gasteiger partial charge in [-0.25, -0.2) is 0 Å². The minimum Gasteiger partial charge on any atom is -0.508 e. The SMILES string of the molecule is CSCC(C)(O)CNC(=O)c1cccc(O)c1. The predicted molar refractivity (Wildman–Crippen MR) is 69.4 cm³/mol. The van der Waals surface area contributed by atoms with Gasteiger partial charge < -0.3 is 15.5 Å². The van der Waals surface area contributed by atoms with E-state index in [1.165, 1.54) is 23.9 Å². The van der Waals surface area contributed by atoms with E-state index in [2.05, 4.69) is 5.32 Å². The number of carbonyl (C=O) groups is 1. The minimum atomic E-state index is -0.925. The van der Waals surface area contributed by atoms with Gasteiger partial charge in [0.05, 0.1) is 5.60 Å². The van der Waals surface area contributed by atoms with E-state index in [0.29, 0.717) is 11.3 Å². The summed E-state index contributed by atoms with van der Waals surface area (Å²) >= 11 is 1.52. The van der Waals surface area contributed by atoms with Crippen LogP contribution in [0, 0.1) is 0 Å². The van der Waals surface area contributed by atoms with E-state index in [4.69, 9.17) is 0 Å². The average Bonchev–Trinajstić information content (AvgIpc) is 2.26. The maximum absolute atomic E-state index is 11.7. The number of phenolic OH excluding ortho intramolecular Hbond substituents is 1. The fraction of sp³-hybridized carbons (Fsp3) is 0.417. The summed E-state index contributed by atoms with van der Waals surface area (Å²) in [6.07, 6.45) is 1.89. The van der Waals surface area contributed by atoms with Gasteiger partial charge in [0.15, 0.2) is 0 Å². The molecular formula is C12H17NO3S. The number of carbonyl (C=O) groups excluding carboxylic acids is 1. The molecule has 17 heavy (non-hydrogen) atoms. The fourth-order valence-corrected chi connectivity index (χ4v) is 2.11. The Morgan fingerprint density at radius 3 is 2.82 bits per heavy atom. The van der Waals surface area contributed by atoms with Crippen LogP contribution in [0.2, 0.25) is 0 Å². The molecule has 0 spiro atoms. The zero-order valence-electron chi connectivity index (χ0n) is 9.93. The summed E-state index contributed by atoms with van der Waals surface area (Å²) in [5, 5.41) is 21.8. The lowest BCUT2D eigenvalue weighted by Gasteiger charge is -2.22. The Kier molecular flexibility index (Phi) is 4.84. The quantitative estimate of drug-likeness (QED) is 0.740. The van der Waals surface area contributed by atoms with Crippen LogP contribution in [-0.4, -0.2) is 40.3 Å². The second-order valence-electron chi connectivity index (χ2n) is 4.16. The topological polar surface area (TPSA) is 69.6 Å². The van der Waals surface area contributed by atoms with Crippen LogP contribution in [-0.2, 0) is 0 Å². The Labute approximate surface area is 105 Å². The number of aromatic hydroxyl groups is 1. The van der Waals surface area contributed by atoms with Gasteiger partial charge in [-0.1, -0.05) is 6.07 Å². The summed E-state index contributed by atoms with van der Waals surface area (Å²) in [4.78, 5) is 11.7. The van der Waals surface area contributed by atoms with Crippen molar-refractivity contribution in [3.05, 3.63) is 29.8 Å². The van der Waals surface area contributed by atoms with Crippen molar-refractivity contribution in [2.45, 2.75) is 12.5 Å². The number of aliphatic hydroxyl groups is 1. The molecule has 0 aliphatic rings. The fourth-order valence-electron chi connectivity index (χ4n) is 1.38. The first-order chi connectivity index (χ1) is 7.94. The monoisotopic (exact) mass is 255 g/mol. The molecule has 0 aliphatic carbocycles. The second-order valence-corrected chi connectivity index (χ2v) is 5.03. The summed E-state index contributed by atoms with van der Waals surface area (Å²) in [6, 6.07) is 6.10. The summed E-state index contributed by atoms with van der Waals surface area (Å²) in [5.41, 5.74) is -0.545. The predicted octanol–water partition coefficient (Wildman–Crippen LogP) is 1.24. The number of rotatable bonds is 5. The van der Waals surface area contributed by atoms with E-state index in [1.54, 1.807) is 19.1 Å². The van der Waals surface area contributed by atoms with Gasteiger partial charge in [-0.3, -0.25) is 4.79 Å². The number of nitrogens with one attached hydrogen (secondary N) is 1. The van der Waals surface area contributed by atoms with Gasteiger partial charge in [0.2, 0.25) is 0 Å². The van der Waals surface area contributed by atoms with E-state index in [1.807, 2.05) is 6.26 Å². The van der Waals surface area contributed by atoms with E-state index < -0.39 is 5.60 Å². The molecule has 0 aliphatic heterocycles. The summed E-state index contributed by atoms with van der Waals surface area (Å²) in [5.74, 6) is 0.295. The van der Waals surface area contributed by atoms with Crippen molar-refractivity contribution in [1.29, 1.82) is 0 Å². The van der Waals surface area contributed by atoms with Crippen LogP contribution in [0.15, 0.2) is 24.3 Å². The highest BCUT2D eigenvalue weighted by atomic mass is 32.2. The maximum atomic E-state index is 11.7. The standard InChI is InChI=1S/C12H17NO3S/c1-12(16,8-17-2)7-13-11(15)9-4-3-5-10(14)6-9/h3-6,14,16H,7-8H2,1-2H3,(H,13,15). The van der Waals surface area contributed by atoms with Crippen LogP contribution in [0.3, 0.4) is 0 Å². The van der Waals surface area contributed by atoms with Crippen molar-refractivity contribution in [3.8, 4) is 5.75 Å². The molecule has 1 unspecified atom stereocenters. The molecule has 0 radical (unpaired) electrons. The maximum Gasteiger partial charge on any atom is 0.251 e. The van der Waals surface area contributed by atoms with Crippen LogP contribution >= 0.6 is 11.8 Å². The van der Waals surface area contributed by atoms with E-state index in [9.17, 15) is 15.0 Å². The lowest BCUT2D eigenvalue weighted by atomic mass is 10.1. The Balaban J connectivity index is 2.56. The van der Waals surface area contributed by atoms with Crippen molar-refractivity contribution in [3.63, 3.8) is 0 Å². The molecule has 0 aromatic heterocycles. The number of benzene rings is 1. The zero-order valence-corrected chi connectivity index (χ0v) is 10.8. The zero-order chi connectivity index (χ0) is 12.9. The molecule has 3 N–H and O–H groups in total. The summed E-state index contributed by atoms with van der Waals surface area (Å²) < 4.78 is 0. The van der Waals surface area contributed by atoms with Crippen molar-refractivity contribution < 1.29 is 15.0 Å². The first kappa shape index (κ1) is 13.9. The van der Waals surface area contributed by atoms with Gasteiger partial charge in [-0.15, -0.1) is 0 Å². The molecule has 0 saturated heterocycles. The lowest BCUT2D eigenvalue weighted by Crippen LogP contribution is -2.42. The largest absolute Gasteiger partial charge is 0.508 e. The Hall–Kier alpha value is -1.20. The van der Waals surface area contributed by atoms with Crippen molar-refractivity contribution in [2.75, 3.05) is 18.6 Å². The number of amides is 1. The molecule has 4 nitrogen and oxygen atoms in total. The minimum absolute atomic E-state index is 0.0496. The first-order valence-electron chi connectivity index (χ1n) is 5.23. The van der Waals surface area contributed by atoms with Crippen LogP contribution in [0.25, 0.3) is 0 Å². The summed E-state index contributed by atoms with van der Waals surface area (Å²) in [6.45, 7) is 1.86. The van der Waals surface area contributed by atoms with Crippen LogP contribution in [0.5, 0.6) is 5.75 Å². The van der Waals surface area contributed by atoms with Gasteiger partial charge >= 0.3 is 0 Å². The first-order valence-corrected chi connectivity index (χ1v) is 6.62. The molecular weight excluding hydrogens is 238 g/mol. The molecule has 0 saturated carbocycles. The van der Waals surface area contributed by atoms with Crippen molar-refractivity contribution in [2.24, 2.45) is 0 Å². The molecule has 0 bridgehead atoms. The Bertz CT molecular complexity index is 393. The van der Waals surface area contributed by atoms with Gasteiger partial charge in [0, 0.05) is 17.9 Å². The molecule has 5 heteroatoms. The van der Waals surface area contributed by atoms with E-state index in [-0.39, 0.29) is 18.2 Å². The molecule has 1 rings (SSSR count). The normalized spacial score (nSPS) is 14.1. The van der Waals surface area contributed by atoms with Gasteiger partial charge in [0.25, 0.3) is 5.91 Å². The smallest absolute Gasteiger partial charge is 0.251 e. The van der Waals surface area contributed by atoms with Crippen molar-refractivity contribution >= 4 is 17.7 Å². The molecule has 94 valence electrons. The van der Waals surface area contributed by atoms with E-state index >= 15 is 0 Å². The molecule has 1 amide bonds. The van der Waals surface area contributed by atoms with Gasteiger partial charge in [0.1, 0.15) is 5.75 Å². The van der Waals surface area contributed by atoms with E-state index in [0.717, 1.165) is 0 Å². The van der Waals surface area contributed by atoms with Crippen LogP contribution in [0.1, 0.15) is 17.3 Å². The molecule has 0 heterocycles. The third kappa shape index (κ3) is 4.66. The Morgan fingerprint density at radius 1 is 1.53 bits per heavy atom. The lowest BCUT2D eigenvalue weighted by molar-refractivity contribution is 0.0725. The number of thioether (sulfide) groups is 1. The second kappa shape index (κ2) is 5.93. The van der Waals surface area contributed by atoms with Gasteiger partial charge in [-0.2, -0.15) is 11.8 Å². The highest BCUT2D eigenvalue weighted by Crippen LogP contribution is 2.12. The highest BCUT2D eigenvalue weighted by Gasteiger charge is 2.20. The summed E-state index contributed by atoms with van der Waals surface area (Å²) in [7, 11) is 0. The molecule has 1 aromatic carbocycles. The number of phenols is 1. The third-order valence-electron chi connectivity index (χ3n) is 2.19.